The van der Waals surface area contributed by atoms with Crippen molar-refractivity contribution in [2.75, 3.05) is 0 Å². The molecule has 1 radical (unpaired) electrons. The van der Waals surface area contributed by atoms with Gasteiger partial charge in [0.25, 0.3) is 0 Å². The van der Waals surface area contributed by atoms with Crippen LogP contribution in [-0.4, -0.2) is 16.7 Å². The van der Waals surface area contributed by atoms with Crippen molar-refractivity contribution < 1.29 is 37.8 Å². The molecule has 0 amide bonds. The van der Waals surface area contributed by atoms with E-state index in [2.05, 4.69) is 46.4 Å². The molecule has 0 bridgehead atoms. The summed E-state index contributed by atoms with van der Waals surface area (Å²) >= 11 is 0. The summed E-state index contributed by atoms with van der Waals surface area (Å²) in [4.78, 5) is 8.90. The second kappa shape index (κ2) is 15.1. The number of pyridine rings is 2. The summed E-state index contributed by atoms with van der Waals surface area (Å²) in [6.45, 7) is -4.55. The Bertz CT molecular complexity index is 2710. The molecule has 0 saturated carbocycles. The van der Waals surface area contributed by atoms with Gasteiger partial charge in [-0.25, -0.2) is 0 Å². The van der Waals surface area contributed by atoms with Crippen LogP contribution >= 0.6 is 0 Å². The summed E-state index contributed by atoms with van der Waals surface area (Å²) in [7, 11) is 0. The summed E-state index contributed by atoms with van der Waals surface area (Å²) in [6.07, 6.45) is 3.16. The number of nitrogens with zero attached hydrogens (tertiary/aromatic N) is 2. The molecule has 0 fully saturated rings. The number of benzene rings is 6. The SMILES string of the molecule is [2H]C([2H])([2H])c1c[c-]c(-c2cc(-c3ccccc3)c(C([2H])([2H])[2H])cn2)cc1-c1ccccc1.[Ir].[c-]1cc2c3c(c1-c1ccccn1)Oc1ccccc1B3c1ccccc1O2. The first-order chi connectivity index (χ1) is 28.5. The molecule has 4 nitrogen and oxygen atoms in total. The zero-order chi connectivity index (χ0) is 40.7. The van der Waals surface area contributed by atoms with Crippen LogP contribution in [0.4, 0.5) is 0 Å². The van der Waals surface area contributed by atoms with Crippen LogP contribution in [0.2, 0.25) is 0 Å². The van der Waals surface area contributed by atoms with Crippen molar-refractivity contribution in [2.45, 2.75) is 13.7 Å². The maximum Gasteiger partial charge on any atom is 0.239 e. The Kier molecular flexibility index (Phi) is 7.96. The number of rotatable bonds is 4. The molecule has 0 saturated heterocycles. The summed E-state index contributed by atoms with van der Waals surface area (Å²) in [5, 5.41) is 0. The topological polar surface area (TPSA) is 44.2 Å². The second-order valence-electron chi connectivity index (χ2n) is 12.7. The predicted octanol–water partition coefficient (Wildman–Crippen LogP) is 9.77. The van der Waals surface area contributed by atoms with E-state index in [0.717, 1.165) is 61.8 Å². The summed E-state index contributed by atoms with van der Waals surface area (Å²) < 4.78 is 60.0. The van der Waals surface area contributed by atoms with Crippen LogP contribution in [0.5, 0.6) is 23.0 Å². The molecule has 0 N–H and O–H groups in total. The second-order valence-corrected chi connectivity index (χ2v) is 12.7. The number of aromatic nitrogens is 2. The average molecular weight is 879 g/mol. The molecule has 0 spiro atoms. The van der Waals surface area contributed by atoms with Gasteiger partial charge in [0.05, 0.1) is 0 Å². The van der Waals surface area contributed by atoms with E-state index < -0.39 is 13.7 Å². The molecule has 10 rings (SSSR count). The summed E-state index contributed by atoms with van der Waals surface area (Å²) in [5.41, 5.74) is 9.20. The molecule has 6 heteroatoms. The van der Waals surface area contributed by atoms with Crippen molar-refractivity contribution >= 4 is 23.1 Å². The van der Waals surface area contributed by atoms with Crippen molar-refractivity contribution in [3.8, 4) is 67.8 Å². The molecule has 0 atom stereocenters. The van der Waals surface area contributed by atoms with E-state index in [9.17, 15) is 0 Å². The molecule has 2 aromatic heterocycles. The van der Waals surface area contributed by atoms with E-state index in [4.69, 9.17) is 17.7 Å². The minimum Gasteiger partial charge on any atom is -0.503 e. The Hall–Kier alpha value is -6.07. The predicted molar refractivity (Wildman–Crippen MR) is 215 cm³/mol. The average Bonchev–Trinajstić information content (AvgIpc) is 3.26. The molecular weight excluding hydrogens is 840 g/mol. The first-order valence-corrected chi connectivity index (χ1v) is 17.3. The van der Waals surface area contributed by atoms with Crippen LogP contribution in [0.3, 0.4) is 0 Å². The third-order valence-corrected chi connectivity index (χ3v) is 9.49. The van der Waals surface area contributed by atoms with Crippen LogP contribution in [0, 0.1) is 25.8 Å². The van der Waals surface area contributed by atoms with Gasteiger partial charge in [0.1, 0.15) is 11.5 Å². The maximum atomic E-state index is 7.92. The van der Waals surface area contributed by atoms with E-state index in [1.165, 1.54) is 12.3 Å². The smallest absolute Gasteiger partial charge is 0.239 e. The van der Waals surface area contributed by atoms with E-state index in [1.54, 1.807) is 18.3 Å². The van der Waals surface area contributed by atoms with E-state index >= 15 is 0 Å². The Labute approximate surface area is 338 Å². The Morgan fingerprint density at radius 2 is 1.20 bits per heavy atom. The van der Waals surface area contributed by atoms with Crippen LogP contribution in [0.1, 0.15) is 19.4 Å². The molecule has 4 heterocycles. The molecule has 2 aliphatic rings. The molecule has 0 aliphatic carbocycles. The molecule has 261 valence electrons. The van der Waals surface area contributed by atoms with Gasteiger partial charge < -0.3 is 19.4 Å². The van der Waals surface area contributed by atoms with Crippen LogP contribution in [0.15, 0.2) is 164 Å². The fourth-order valence-electron chi connectivity index (χ4n) is 6.98. The van der Waals surface area contributed by atoms with E-state index in [-0.39, 0.29) is 37.9 Å². The minimum absolute atomic E-state index is 0. The fourth-order valence-corrected chi connectivity index (χ4v) is 6.98. The van der Waals surface area contributed by atoms with Crippen molar-refractivity contribution in [1.82, 2.24) is 9.97 Å². The van der Waals surface area contributed by atoms with Gasteiger partial charge in [-0.05, 0) is 69.6 Å². The van der Waals surface area contributed by atoms with Crippen molar-refractivity contribution in [3.05, 3.63) is 187 Å². The maximum absolute atomic E-state index is 7.92. The van der Waals surface area contributed by atoms with Crippen molar-refractivity contribution in [2.24, 2.45) is 0 Å². The zero-order valence-corrected chi connectivity index (χ0v) is 31.1. The largest absolute Gasteiger partial charge is 0.503 e. The Balaban J connectivity index is 0.000000165. The summed E-state index contributed by atoms with van der Waals surface area (Å²) in [6, 6.07) is 54.1. The van der Waals surface area contributed by atoms with Gasteiger partial charge in [-0.3, -0.25) is 0 Å². The summed E-state index contributed by atoms with van der Waals surface area (Å²) in [5.74, 6) is 3.33. The number of hydrogen-bond acceptors (Lipinski definition) is 4. The van der Waals surface area contributed by atoms with Crippen LogP contribution in [0.25, 0.3) is 44.8 Å². The molecule has 8 aromatic rings. The van der Waals surface area contributed by atoms with Gasteiger partial charge in [-0.1, -0.05) is 139 Å². The van der Waals surface area contributed by atoms with Gasteiger partial charge >= 0.3 is 0 Å². The van der Waals surface area contributed by atoms with E-state index in [0.29, 0.717) is 22.4 Å². The first kappa shape index (κ1) is 28.4. The normalized spacial score (nSPS) is 13.7. The fraction of sp³-hybridized carbons (Fsp3) is 0.0417. The molecule has 6 aromatic carbocycles. The first-order valence-electron chi connectivity index (χ1n) is 20.3. The van der Waals surface area contributed by atoms with Gasteiger partial charge in [-0.15, -0.1) is 41.5 Å². The third-order valence-electron chi connectivity index (χ3n) is 9.49. The molecule has 0 unspecified atom stereocenters. The van der Waals surface area contributed by atoms with Crippen molar-refractivity contribution in [1.29, 1.82) is 0 Å². The molecule has 2 aliphatic heterocycles. The zero-order valence-electron chi connectivity index (χ0n) is 34.7. The van der Waals surface area contributed by atoms with Gasteiger partial charge in [-0.2, -0.15) is 0 Å². The third kappa shape index (κ3) is 6.56. The van der Waals surface area contributed by atoms with Gasteiger partial charge in [0.2, 0.25) is 6.71 Å². The number of ether oxygens (including phenoxy) is 2. The molecular formula is C48H33BIrN2O2-2. The number of fused-ring (bicyclic) bond motifs is 4. The monoisotopic (exact) mass is 879 g/mol. The standard InChI is InChI=1S/C25H20N.C23H13BNO2.Ir/c1-18-13-14-22(15-23(18)20-9-5-3-6-10-20)25-16-24(19(2)17-26-25)21-11-7-4-8-12-21;1-3-10-19-16(7-1)24-17-8-2-4-11-20(17)27-23-15(18-9-5-6-14-25-18)12-13-21(26-19)22(23)24;/h3-13,15-17H,1-2H3;1-11,13-14H;/q2*-1;/i1D3,2D3;;. The Morgan fingerprint density at radius 3 is 1.87 bits per heavy atom. The molecule has 54 heavy (non-hydrogen) atoms. The number of para-hydroxylation sites is 2. The number of hydrogen-bond donors (Lipinski definition) is 0. The van der Waals surface area contributed by atoms with Crippen molar-refractivity contribution in [3.63, 3.8) is 0 Å². The van der Waals surface area contributed by atoms with Gasteiger partial charge in [0, 0.05) is 52.2 Å². The van der Waals surface area contributed by atoms with Crippen LogP contribution in [-0.2, 0) is 20.1 Å². The minimum atomic E-state index is -2.32. The quantitative estimate of drug-likeness (QED) is 0.131. The Morgan fingerprint density at radius 1 is 0.574 bits per heavy atom. The van der Waals surface area contributed by atoms with Crippen LogP contribution < -0.4 is 25.9 Å². The van der Waals surface area contributed by atoms with E-state index in [1.807, 2.05) is 109 Å². The van der Waals surface area contributed by atoms with Gasteiger partial charge in [0.15, 0.2) is 0 Å². The number of aryl methyl sites for hydroxylation is 2.